The molecular formula is C11H13BrF3N. The SMILES string of the molecule is CCNC(Cc1cccc(F)c1Br)C(F)F. The second-order valence-electron chi connectivity index (χ2n) is 3.42. The van der Waals surface area contributed by atoms with Crippen molar-refractivity contribution < 1.29 is 13.2 Å². The summed E-state index contributed by atoms with van der Waals surface area (Å²) in [6.45, 7) is 2.22. The maximum atomic E-state index is 13.2. The molecule has 0 aliphatic carbocycles. The van der Waals surface area contributed by atoms with Gasteiger partial charge in [-0.05, 0) is 40.5 Å². The van der Waals surface area contributed by atoms with E-state index in [1.54, 1.807) is 13.0 Å². The minimum absolute atomic E-state index is 0.101. The first-order valence-corrected chi connectivity index (χ1v) is 5.80. The van der Waals surface area contributed by atoms with E-state index in [9.17, 15) is 13.2 Å². The van der Waals surface area contributed by atoms with Crippen LogP contribution in [0.1, 0.15) is 12.5 Å². The fraction of sp³-hybridized carbons (Fsp3) is 0.455. The van der Waals surface area contributed by atoms with Gasteiger partial charge in [0.15, 0.2) is 0 Å². The smallest absolute Gasteiger partial charge is 0.254 e. The van der Waals surface area contributed by atoms with Gasteiger partial charge in [0.05, 0.1) is 10.5 Å². The lowest BCUT2D eigenvalue weighted by molar-refractivity contribution is 0.0989. The Labute approximate surface area is 101 Å². The Kier molecular flexibility index (Phi) is 5.28. The van der Waals surface area contributed by atoms with Crippen molar-refractivity contribution in [3.63, 3.8) is 0 Å². The molecule has 0 aromatic heterocycles. The van der Waals surface area contributed by atoms with E-state index in [2.05, 4.69) is 21.2 Å². The van der Waals surface area contributed by atoms with Crippen molar-refractivity contribution >= 4 is 15.9 Å². The van der Waals surface area contributed by atoms with Crippen LogP contribution in [0.2, 0.25) is 0 Å². The molecule has 1 unspecified atom stereocenters. The molecule has 1 N–H and O–H groups in total. The first-order valence-electron chi connectivity index (χ1n) is 5.00. The van der Waals surface area contributed by atoms with Crippen LogP contribution in [0.25, 0.3) is 0 Å². The second kappa shape index (κ2) is 6.25. The molecule has 0 amide bonds. The Morgan fingerprint density at radius 1 is 1.38 bits per heavy atom. The van der Waals surface area contributed by atoms with Crippen molar-refractivity contribution in [2.24, 2.45) is 0 Å². The van der Waals surface area contributed by atoms with Crippen LogP contribution >= 0.6 is 15.9 Å². The summed E-state index contributed by atoms with van der Waals surface area (Å²) in [5.41, 5.74) is 0.547. The van der Waals surface area contributed by atoms with Crippen LogP contribution in [-0.2, 0) is 6.42 Å². The molecule has 0 bridgehead atoms. The molecule has 1 aromatic rings. The summed E-state index contributed by atoms with van der Waals surface area (Å²) in [6.07, 6.45) is -2.36. The number of hydrogen-bond acceptors (Lipinski definition) is 1. The molecule has 0 fully saturated rings. The molecule has 0 saturated heterocycles. The summed E-state index contributed by atoms with van der Waals surface area (Å²) in [4.78, 5) is 0. The van der Waals surface area contributed by atoms with Gasteiger partial charge in [0.25, 0.3) is 6.43 Å². The second-order valence-corrected chi connectivity index (χ2v) is 4.21. The lowest BCUT2D eigenvalue weighted by Gasteiger charge is -2.17. The zero-order chi connectivity index (χ0) is 12.1. The van der Waals surface area contributed by atoms with Gasteiger partial charge in [0, 0.05) is 0 Å². The van der Waals surface area contributed by atoms with Crippen molar-refractivity contribution in [2.45, 2.75) is 25.8 Å². The Hall–Kier alpha value is -0.550. The normalized spacial score (nSPS) is 13.1. The molecule has 90 valence electrons. The van der Waals surface area contributed by atoms with E-state index in [0.717, 1.165) is 0 Å². The van der Waals surface area contributed by atoms with Crippen LogP contribution in [0, 0.1) is 5.82 Å². The Balaban J connectivity index is 2.81. The molecule has 0 aliphatic rings. The maximum Gasteiger partial charge on any atom is 0.254 e. The Morgan fingerprint density at radius 2 is 2.06 bits per heavy atom. The minimum Gasteiger partial charge on any atom is -0.309 e. The van der Waals surface area contributed by atoms with Crippen molar-refractivity contribution in [1.82, 2.24) is 5.32 Å². The third-order valence-corrected chi connectivity index (χ3v) is 3.13. The largest absolute Gasteiger partial charge is 0.309 e. The molecule has 0 spiro atoms. The van der Waals surface area contributed by atoms with E-state index < -0.39 is 18.3 Å². The predicted octanol–water partition coefficient (Wildman–Crippen LogP) is 3.37. The number of likely N-dealkylation sites (N-methyl/N-ethyl adjacent to an activating group) is 1. The summed E-state index contributed by atoms with van der Waals surface area (Å²) < 4.78 is 38.7. The first-order chi connectivity index (χ1) is 7.56. The Bertz CT molecular complexity index is 344. The summed E-state index contributed by atoms with van der Waals surface area (Å²) in [6, 6.07) is 3.50. The highest BCUT2D eigenvalue weighted by atomic mass is 79.9. The van der Waals surface area contributed by atoms with Crippen LogP contribution in [0.15, 0.2) is 22.7 Å². The fourth-order valence-electron chi connectivity index (χ4n) is 1.46. The number of hydrogen-bond donors (Lipinski definition) is 1. The number of rotatable bonds is 5. The van der Waals surface area contributed by atoms with Crippen molar-refractivity contribution in [1.29, 1.82) is 0 Å². The molecule has 0 saturated carbocycles. The molecule has 5 heteroatoms. The van der Waals surface area contributed by atoms with E-state index >= 15 is 0 Å². The lowest BCUT2D eigenvalue weighted by atomic mass is 10.1. The average molecular weight is 296 g/mol. The van der Waals surface area contributed by atoms with E-state index in [-0.39, 0.29) is 10.9 Å². The number of nitrogens with one attached hydrogen (secondary N) is 1. The molecule has 1 nitrogen and oxygen atoms in total. The van der Waals surface area contributed by atoms with Gasteiger partial charge in [-0.3, -0.25) is 0 Å². The van der Waals surface area contributed by atoms with Gasteiger partial charge in [-0.15, -0.1) is 0 Å². The van der Waals surface area contributed by atoms with Gasteiger partial charge in [0.2, 0.25) is 0 Å². The first kappa shape index (κ1) is 13.5. The van der Waals surface area contributed by atoms with E-state index in [1.807, 2.05) is 0 Å². The van der Waals surface area contributed by atoms with Crippen molar-refractivity contribution in [2.75, 3.05) is 6.54 Å². The molecular weight excluding hydrogens is 283 g/mol. The molecule has 1 aromatic carbocycles. The lowest BCUT2D eigenvalue weighted by Crippen LogP contribution is -2.37. The average Bonchev–Trinajstić information content (AvgIpc) is 2.23. The van der Waals surface area contributed by atoms with Gasteiger partial charge in [-0.25, -0.2) is 13.2 Å². The number of halogens is 4. The highest BCUT2D eigenvalue weighted by Gasteiger charge is 2.20. The van der Waals surface area contributed by atoms with Gasteiger partial charge < -0.3 is 5.32 Å². The molecule has 0 aliphatic heterocycles. The van der Waals surface area contributed by atoms with Crippen molar-refractivity contribution in [3.05, 3.63) is 34.1 Å². The molecule has 0 radical (unpaired) electrons. The van der Waals surface area contributed by atoms with Crippen molar-refractivity contribution in [3.8, 4) is 0 Å². The van der Waals surface area contributed by atoms with Crippen LogP contribution in [0.3, 0.4) is 0 Å². The molecule has 1 atom stereocenters. The monoisotopic (exact) mass is 295 g/mol. The highest BCUT2D eigenvalue weighted by molar-refractivity contribution is 9.10. The summed E-state index contributed by atoms with van der Waals surface area (Å²) >= 11 is 3.06. The molecule has 16 heavy (non-hydrogen) atoms. The van der Waals surface area contributed by atoms with Crippen LogP contribution in [0.4, 0.5) is 13.2 Å². The maximum absolute atomic E-state index is 13.2. The zero-order valence-electron chi connectivity index (χ0n) is 8.81. The zero-order valence-corrected chi connectivity index (χ0v) is 10.4. The van der Waals surface area contributed by atoms with E-state index in [0.29, 0.717) is 12.1 Å². The van der Waals surface area contributed by atoms with Crippen LogP contribution in [0.5, 0.6) is 0 Å². The number of alkyl halides is 2. The van der Waals surface area contributed by atoms with Gasteiger partial charge in [-0.2, -0.15) is 0 Å². The molecule has 0 heterocycles. The van der Waals surface area contributed by atoms with Gasteiger partial charge >= 0.3 is 0 Å². The third-order valence-electron chi connectivity index (χ3n) is 2.24. The van der Waals surface area contributed by atoms with Gasteiger partial charge in [-0.1, -0.05) is 19.1 Å². The highest BCUT2D eigenvalue weighted by Crippen LogP contribution is 2.22. The fourth-order valence-corrected chi connectivity index (χ4v) is 1.88. The van der Waals surface area contributed by atoms with E-state index in [4.69, 9.17) is 0 Å². The van der Waals surface area contributed by atoms with Crippen LogP contribution < -0.4 is 5.32 Å². The quantitative estimate of drug-likeness (QED) is 0.878. The standard InChI is InChI=1S/C11H13BrF3N/c1-2-16-9(11(14)15)6-7-4-3-5-8(13)10(7)12/h3-5,9,11,16H,2,6H2,1H3. The van der Waals surface area contributed by atoms with Crippen LogP contribution in [-0.4, -0.2) is 19.0 Å². The summed E-state index contributed by atoms with van der Waals surface area (Å²) in [5.74, 6) is -0.429. The topological polar surface area (TPSA) is 12.0 Å². The minimum atomic E-state index is -2.46. The number of benzene rings is 1. The summed E-state index contributed by atoms with van der Waals surface area (Å²) in [7, 11) is 0. The molecule has 1 rings (SSSR count). The predicted molar refractivity (Wildman–Crippen MR) is 61.3 cm³/mol. The Morgan fingerprint density at radius 3 is 2.62 bits per heavy atom. The third kappa shape index (κ3) is 3.49. The summed E-state index contributed by atoms with van der Waals surface area (Å²) in [5, 5.41) is 2.68. The van der Waals surface area contributed by atoms with Gasteiger partial charge in [0.1, 0.15) is 5.82 Å². The van der Waals surface area contributed by atoms with E-state index in [1.165, 1.54) is 12.1 Å².